The van der Waals surface area contributed by atoms with E-state index >= 15 is 0 Å². The topological polar surface area (TPSA) is 86.0 Å². The van der Waals surface area contributed by atoms with Crippen molar-refractivity contribution in [2.75, 3.05) is 11.9 Å². The maximum Gasteiger partial charge on any atom is 0.306 e. The van der Waals surface area contributed by atoms with Gasteiger partial charge in [-0.3, -0.25) is 4.79 Å². The van der Waals surface area contributed by atoms with Crippen molar-refractivity contribution in [2.24, 2.45) is 5.92 Å². The van der Waals surface area contributed by atoms with Crippen molar-refractivity contribution in [1.29, 1.82) is 5.26 Å². The Morgan fingerprint density at radius 2 is 2.50 bits per heavy atom. The summed E-state index contributed by atoms with van der Waals surface area (Å²) in [5.41, 5.74) is 0.966. The molecule has 0 radical (unpaired) electrons. The molecule has 84 valence electrons. The average Bonchev–Trinajstić information content (AvgIpc) is 2.29. The summed E-state index contributed by atoms with van der Waals surface area (Å²) >= 11 is 0. The summed E-state index contributed by atoms with van der Waals surface area (Å²) in [6, 6.07) is 5.44. The minimum absolute atomic E-state index is 0.325. The Balaban J connectivity index is 2.49. The first-order chi connectivity index (χ1) is 7.65. The van der Waals surface area contributed by atoms with Crippen LogP contribution in [0.3, 0.4) is 0 Å². The molecule has 1 aromatic rings. The first-order valence-electron chi connectivity index (χ1n) is 4.97. The highest BCUT2D eigenvalue weighted by Crippen LogP contribution is 2.11. The predicted octanol–water partition coefficient (Wildman–Crippen LogP) is 1.48. The van der Waals surface area contributed by atoms with Gasteiger partial charge in [-0.25, -0.2) is 4.98 Å². The third-order valence-corrected chi connectivity index (χ3v) is 2.23. The highest BCUT2D eigenvalue weighted by molar-refractivity contribution is 5.69. The molecule has 0 saturated carbocycles. The van der Waals surface area contributed by atoms with Crippen LogP contribution in [0.15, 0.2) is 18.3 Å². The van der Waals surface area contributed by atoms with Crippen molar-refractivity contribution in [1.82, 2.24) is 4.98 Å². The van der Waals surface area contributed by atoms with Crippen molar-refractivity contribution in [3.8, 4) is 6.07 Å². The summed E-state index contributed by atoms with van der Waals surface area (Å²) in [5, 5.41) is 20.5. The van der Waals surface area contributed by atoms with E-state index in [2.05, 4.69) is 10.3 Å². The van der Waals surface area contributed by atoms with Crippen LogP contribution in [0.2, 0.25) is 0 Å². The first kappa shape index (κ1) is 12.0. The van der Waals surface area contributed by atoms with E-state index in [9.17, 15) is 4.79 Å². The summed E-state index contributed by atoms with van der Waals surface area (Å²) < 4.78 is 0. The van der Waals surface area contributed by atoms with Gasteiger partial charge in [0.05, 0.1) is 11.6 Å². The molecule has 1 rings (SSSR count). The van der Waals surface area contributed by atoms with Gasteiger partial charge in [0, 0.05) is 12.7 Å². The van der Waals surface area contributed by atoms with E-state index in [0.29, 0.717) is 24.3 Å². The van der Waals surface area contributed by atoms with Crippen LogP contribution in [0.4, 0.5) is 5.69 Å². The molecule has 5 heteroatoms. The molecule has 16 heavy (non-hydrogen) atoms. The lowest BCUT2D eigenvalue weighted by Gasteiger charge is -2.09. The van der Waals surface area contributed by atoms with Crippen molar-refractivity contribution < 1.29 is 9.90 Å². The molecule has 1 unspecified atom stereocenters. The Morgan fingerprint density at radius 1 is 1.75 bits per heavy atom. The van der Waals surface area contributed by atoms with E-state index in [1.165, 1.54) is 0 Å². The SMILES string of the molecule is CC(CCNc1cccnc1C#N)C(=O)O. The predicted molar refractivity (Wildman–Crippen MR) is 58.9 cm³/mol. The number of aliphatic carboxylic acids is 1. The van der Waals surface area contributed by atoms with Crippen LogP contribution >= 0.6 is 0 Å². The molecule has 0 bridgehead atoms. The highest BCUT2D eigenvalue weighted by Gasteiger charge is 2.10. The van der Waals surface area contributed by atoms with Gasteiger partial charge in [-0.1, -0.05) is 6.92 Å². The number of pyridine rings is 1. The van der Waals surface area contributed by atoms with Crippen LogP contribution < -0.4 is 5.32 Å². The Bertz CT molecular complexity index is 412. The van der Waals surface area contributed by atoms with Crippen molar-refractivity contribution >= 4 is 11.7 Å². The monoisotopic (exact) mass is 219 g/mol. The number of aromatic nitrogens is 1. The molecule has 0 aliphatic rings. The molecule has 0 aromatic carbocycles. The number of anilines is 1. The fraction of sp³-hybridized carbons (Fsp3) is 0.364. The van der Waals surface area contributed by atoms with Gasteiger partial charge in [0.25, 0.3) is 0 Å². The number of carbonyl (C=O) groups is 1. The van der Waals surface area contributed by atoms with Gasteiger partial charge < -0.3 is 10.4 Å². The molecule has 2 N–H and O–H groups in total. The quantitative estimate of drug-likeness (QED) is 0.783. The maximum absolute atomic E-state index is 10.6. The van der Waals surface area contributed by atoms with Gasteiger partial charge >= 0.3 is 5.97 Å². The van der Waals surface area contributed by atoms with Crippen LogP contribution in [0, 0.1) is 17.2 Å². The number of nitriles is 1. The van der Waals surface area contributed by atoms with Crippen molar-refractivity contribution in [3.05, 3.63) is 24.0 Å². The Hall–Kier alpha value is -2.09. The number of hydrogen-bond donors (Lipinski definition) is 2. The van der Waals surface area contributed by atoms with E-state index in [1.54, 1.807) is 25.3 Å². The maximum atomic E-state index is 10.6. The molecular weight excluding hydrogens is 206 g/mol. The van der Waals surface area contributed by atoms with Crippen LogP contribution in [0.1, 0.15) is 19.0 Å². The molecule has 0 saturated heterocycles. The number of carboxylic acids is 1. The molecule has 0 spiro atoms. The molecule has 0 aliphatic heterocycles. The third-order valence-electron chi connectivity index (χ3n) is 2.23. The van der Waals surface area contributed by atoms with E-state index in [1.807, 2.05) is 6.07 Å². The summed E-state index contributed by atoms with van der Waals surface area (Å²) in [7, 11) is 0. The van der Waals surface area contributed by atoms with Gasteiger partial charge in [-0.2, -0.15) is 5.26 Å². The van der Waals surface area contributed by atoms with Gasteiger partial charge in [0.1, 0.15) is 6.07 Å². The zero-order valence-electron chi connectivity index (χ0n) is 8.97. The number of carboxylic acid groups (broad SMARTS) is 1. The molecule has 0 aliphatic carbocycles. The van der Waals surface area contributed by atoms with Crippen LogP contribution in [-0.4, -0.2) is 22.6 Å². The summed E-state index contributed by atoms with van der Waals surface area (Å²) in [4.78, 5) is 14.5. The van der Waals surface area contributed by atoms with Crippen LogP contribution in [0.5, 0.6) is 0 Å². The number of rotatable bonds is 5. The van der Waals surface area contributed by atoms with E-state index in [-0.39, 0.29) is 0 Å². The largest absolute Gasteiger partial charge is 0.481 e. The molecule has 0 fully saturated rings. The zero-order chi connectivity index (χ0) is 12.0. The minimum Gasteiger partial charge on any atom is -0.481 e. The lowest BCUT2D eigenvalue weighted by atomic mass is 10.1. The molecule has 1 heterocycles. The third kappa shape index (κ3) is 3.24. The Labute approximate surface area is 93.7 Å². The Morgan fingerprint density at radius 3 is 3.12 bits per heavy atom. The zero-order valence-corrected chi connectivity index (χ0v) is 8.97. The fourth-order valence-electron chi connectivity index (χ4n) is 1.18. The Kier molecular flexibility index (Phi) is 4.28. The van der Waals surface area contributed by atoms with Crippen molar-refractivity contribution in [3.63, 3.8) is 0 Å². The van der Waals surface area contributed by atoms with Crippen molar-refractivity contribution in [2.45, 2.75) is 13.3 Å². The molecule has 0 amide bonds. The van der Waals surface area contributed by atoms with Gasteiger partial charge in [-0.05, 0) is 18.6 Å². The fourth-order valence-corrected chi connectivity index (χ4v) is 1.18. The van der Waals surface area contributed by atoms with Gasteiger partial charge in [0.2, 0.25) is 0 Å². The lowest BCUT2D eigenvalue weighted by molar-refractivity contribution is -0.141. The summed E-state index contributed by atoms with van der Waals surface area (Å²) in [6.45, 7) is 2.16. The summed E-state index contributed by atoms with van der Waals surface area (Å²) in [5.74, 6) is -1.21. The average molecular weight is 219 g/mol. The second kappa shape index (κ2) is 5.71. The first-order valence-corrected chi connectivity index (χ1v) is 4.97. The van der Waals surface area contributed by atoms with E-state index in [0.717, 1.165) is 0 Å². The van der Waals surface area contributed by atoms with Gasteiger partial charge in [-0.15, -0.1) is 0 Å². The number of nitrogens with one attached hydrogen (secondary N) is 1. The number of nitrogens with zero attached hydrogens (tertiary/aromatic N) is 2. The molecule has 1 aromatic heterocycles. The smallest absolute Gasteiger partial charge is 0.306 e. The highest BCUT2D eigenvalue weighted by atomic mass is 16.4. The minimum atomic E-state index is -0.812. The molecule has 1 atom stereocenters. The van der Waals surface area contributed by atoms with E-state index < -0.39 is 11.9 Å². The van der Waals surface area contributed by atoms with Gasteiger partial charge in [0.15, 0.2) is 5.69 Å². The lowest BCUT2D eigenvalue weighted by Crippen LogP contribution is -2.14. The second-order valence-corrected chi connectivity index (χ2v) is 3.47. The normalized spacial score (nSPS) is 11.5. The van der Waals surface area contributed by atoms with E-state index in [4.69, 9.17) is 10.4 Å². The second-order valence-electron chi connectivity index (χ2n) is 3.47. The molecular formula is C11H13N3O2. The molecule has 5 nitrogen and oxygen atoms in total. The standard InChI is InChI=1S/C11H13N3O2/c1-8(11(15)16)4-6-14-9-3-2-5-13-10(9)7-12/h2-3,5,8,14H,4,6H2,1H3,(H,15,16). The van der Waals surface area contributed by atoms with Crippen LogP contribution in [-0.2, 0) is 4.79 Å². The van der Waals surface area contributed by atoms with Crippen LogP contribution in [0.25, 0.3) is 0 Å². The number of hydrogen-bond acceptors (Lipinski definition) is 4. The summed E-state index contributed by atoms with van der Waals surface area (Å²) in [6.07, 6.45) is 2.05.